The molecule has 0 spiro atoms. The van der Waals surface area contributed by atoms with Gasteiger partial charge in [0.05, 0.1) is 10.6 Å². The molecule has 0 saturated heterocycles. The van der Waals surface area contributed by atoms with Crippen LogP contribution in [0.2, 0.25) is 5.02 Å². The van der Waals surface area contributed by atoms with Crippen LogP contribution in [-0.2, 0) is 0 Å². The lowest BCUT2D eigenvalue weighted by Crippen LogP contribution is -2.39. The molecule has 0 bridgehead atoms. The second kappa shape index (κ2) is 3.96. The van der Waals surface area contributed by atoms with Crippen LogP contribution >= 0.6 is 11.6 Å². The van der Waals surface area contributed by atoms with E-state index in [0.717, 1.165) is 12.8 Å². The number of rotatable bonds is 2. The predicted octanol–water partition coefficient (Wildman–Crippen LogP) is 2.02. The van der Waals surface area contributed by atoms with E-state index in [-0.39, 0.29) is 5.91 Å². The Labute approximate surface area is 87.5 Å². The minimum absolute atomic E-state index is 0.118. The summed E-state index contributed by atoms with van der Waals surface area (Å²) in [4.78, 5) is 15.5. The van der Waals surface area contributed by atoms with Gasteiger partial charge in [0.25, 0.3) is 5.91 Å². The topological polar surface area (TPSA) is 42.0 Å². The Morgan fingerprint density at radius 3 is 2.93 bits per heavy atom. The second-order valence-corrected chi connectivity index (χ2v) is 3.86. The van der Waals surface area contributed by atoms with Crippen LogP contribution in [0.3, 0.4) is 0 Å². The molecular formula is C10H11ClN2O. The van der Waals surface area contributed by atoms with Gasteiger partial charge in [-0.15, -0.1) is 0 Å². The fourth-order valence-corrected chi connectivity index (χ4v) is 1.55. The number of aromatic nitrogens is 1. The van der Waals surface area contributed by atoms with Gasteiger partial charge in [-0.05, 0) is 25.3 Å². The first-order valence-corrected chi connectivity index (χ1v) is 5.05. The first-order valence-electron chi connectivity index (χ1n) is 4.68. The Hall–Kier alpha value is -1.09. The van der Waals surface area contributed by atoms with Crippen molar-refractivity contribution in [2.45, 2.75) is 25.3 Å². The normalized spacial score (nSPS) is 16.1. The van der Waals surface area contributed by atoms with Gasteiger partial charge in [0.1, 0.15) is 0 Å². The largest absolute Gasteiger partial charge is 0.349 e. The van der Waals surface area contributed by atoms with Crippen molar-refractivity contribution in [3.63, 3.8) is 0 Å². The third-order valence-electron chi connectivity index (χ3n) is 2.45. The smallest absolute Gasteiger partial charge is 0.254 e. The summed E-state index contributed by atoms with van der Waals surface area (Å²) >= 11 is 5.86. The zero-order valence-electron chi connectivity index (χ0n) is 7.66. The Balaban J connectivity index is 2.06. The van der Waals surface area contributed by atoms with E-state index in [2.05, 4.69) is 10.3 Å². The summed E-state index contributed by atoms with van der Waals surface area (Å²) in [5, 5.41) is 3.37. The Bertz CT molecular complexity index is 350. The van der Waals surface area contributed by atoms with Gasteiger partial charge in [0.15, 0.2) is 0 Å². The number of hydrogen-bond donors (Lipinski definition) is 1. The zero-order valence-corrected chi connectivity index (χ0v) is 8.42. The van der Waals surface area contributed by atoms with Gasteiger partial charge in [-0.1, -0.05) is 11.6 Å². The summed E-state index contributed by atoms with van der Waals surface area (Å²) < 4.78 is 0. The highest BCUT2D eigenvalue weighted by Gasteiger charge is 2.21. The van der Waals surface area contributed by atoms with Crippen molar-refractivity contribution in [1.29, 1.82) is 0 Å². The van der Waals surface area contributed by atoms with Gasteiger partial charge in [-0.25, -0.2) is 0 Å². The van der Waals surface area contributed by atoms with Crippen LogP contribution in [0.1, 0.15) is 29.6 Å². The first kappa shape index (κ1) is 9.46. The average Bonchev–Trinajstić information content (AvgIpc) is 2.12. The fraction of sp³-hybridized carbons (Fsp3) is 0.400. The average molecular weight is 211 g/mol. The molecule has 1 N–H and O–H groups in total. The maximum absolute atomic E-state index is 11.6. The zero-order chi connectivity index (χ0) is 9.97. The highest BCUT2D eigenvalue weighted by Crippen LogP contribution is 2.20. The minimum Gasteiger partial charge on any atom is -0.349 e. The molecule has 14 heavy (non-hydrogen) atoms. The van der Waals surface area contributed by atoms with Gasteiger partial charge in [-0.3, -0.25) is 9.78 Å². The second-order valence-electron chi connectivity index (χ2n) is 3.46. The van der Waals surface area contributed by atoms with E-state index in [0.29, 0.717) is 16.6 Å². The monoisotopic (exact) mass is 210 g/mol. The number of amides is 1. The molecule has 2 rings (SSSR count). The van der Waals surface area contributed by atoms with Gasteiger partial charge in [-0.2, -0.15) is 0 Å². The van der Waals surface area contributed by atoms with Crippen molar-refractivity contribution in [2.75, 3.05) is 0 Å². The maximum atomic E-state index is 11.6. The molecule has 1 aromatic heterocycles. The predicted molar refractivity (Wildman–Crippen MR) is 54.4 cm³/mol. The van der Waals surface area contributed by atoms with Crippen LogP contribution in [-0.4, -0.2) is 16.9 Å². The van der Waals surface area contributed by atoms with Crippen molar-refractivity contribution in [2.24, 2.45) is 0 Å². The van der Waals surface area contributed by atoms with Crippen LogP contribution in [0, 0.1) is 0 Å². The molecule has 0 aromatic carbocycles. The van der Waals surface area contributed by atoms with E-state index in [1.54, 1.807) is 12.3 Å². The van der Waals surface area contributed by atoms with E-state index in [1.807, 2.05) is 0 Å². The van der Waals surface area contributed by atoms with Crippen molar-refractivity contribution in [3.8, 4) is 0 Å². The number of nitrogens with one attached hydrogen (secondary N) is 1. The van der Waals surface area contributed by atoms with Crippen molar-refractivity contribution >= 4 is 17.5 Å². The molecule has 1 saturated carbocycles. The van der Waals surface area contributed by atoms with Crippen LogP contribution in [0.4, 0.5) is 0 Å². The lowest BCUT2D eigenvalue weighted by atomic mass is 9.93. The summed E-state index contributed by atoms with van der Waals surface area (Å²) in [7, 11) is 0. The van der Waals surface area contributed by atoms with E-state index >= 15 is 0 Å². The highest BCUT2D eigenvalue weighted by molar-refractivity contribution is 6.33. The molecule has 0 atom stereocenters. The molecule has 0 radical (unpaired) electrons. The molecule has 74 valence electrons. The van der Waals surface area contributed by atoms with E-state index in [9.17, 15) is 4.79 Å². The highest BCUT2D eigenvalue weighted by atomic mass is 35.5. The van der Waals surface area contributed by atoms with Crippen LogP contribution < -0.4 is 5.32 Å². The molecule has 1 aromatic rings. The Morgan fingerprint density at radius 2 is 2.36 bits per heavy atom. The Kier molecular flexibility index (Phi) is 2.68. The van der Waals surface area contributed by atoms with Gasteiger partial charge in [0.2, 0.25) is 0 Å². The Morgan fingerprint density at radius 1 is 1.57 bits per heavy atom. The van der Waals surface area contributed by atoms with Crippen molar-refractivity contribution < 1.29 is 4.79 Å². The number of hydrogen-bond acceptors (Lipinski definition) is 2. The molecule has 1 fully saturated rings. The van der Waals surface area contributed by atoms with Crippen molar-refractivity contribution in [3.05, 3.63) is 29.0 Å². The summed E-state index contributed by atoms with van der Waals surface area (Å²) in [5.74, 6) is -0.118. The van der Waals surface area contributed by atoms with Crippen LogP contribution in [0.5, 0.6) is 0 Å². The molecule has 3 nitrogen and oxygen atoms in total. The number of carbonyl (C=O) groups is 1. The third-order valence-corrected chi connectivity index (χ3v) is 2.78. The molecule has 1 aliphatic carbocycles. The number of halogens is 1. The molecule has 1 aliphatic rings. The SMILES string of the molecule is O=C(NC1CCC1)c1cnccc1Cl. The van der Waals surface area contributed by atoms with Gasteiger partial charge >= 0.3 is 0 Å². The molecule has 1 amide bonds. The first-order chi connectivity index (χ1) is 6.77. The van der Waals surface area contributed by atoms with E-state index < -0.39 is 0 Å². The summed E-state index contributed by atoms with van der Waals surface area (Å²) in [6.07, 6.45) is 6.41. The van der Waals surface area contributed by atoms with E-state index in [1.165, 1.54) is 12.6 Å². The number of carbonyl (C=O) groups excluding carboxylic acids is 1. The standard InChI is InChI=1S/C10H11ClN2O/c11-9-4-5-12-6-8(9)10(14)13-7-2-1-3-7/h4-7H,1-3H2,(H,13,14). The third kappa shape index (κ3) is 1.87. The quantitative estimate of drug-likeness (QED) is 0.812. The molecule has 1 heterocycles. The summed E-state index contributed by atoms with van der Waals surface area (Å²) in [6, 6.07) is 1.95. The molecule has 0 aliphatic heterocycles. The maximum Gasteiger partial charge on any atom is 0.254 e. The molecular weight excluding hydrogens is 200 g/mol. The number of nitrogens with zero attached hydrogens (tertiary/aromatic N) is 1. The fourth-order valence-electron chi connectivity index (χ4n) is 1.36. The minimum atomic E-state index is -0.118. The van der Waals surface area contributed by atoms with E-state index in [4.69, 9.17) is 11.6 Å². The van der Waals surface area contributed by atoms with Crippen molar-refractivity contribution in [1.82, 2.24) is 10.3 Å². The molecule has 4 heteroatoms. The van der Waals surface area contributed by atoms with Crippen LogP contribution in [0.25, 0.3) is 0 Å². The van der Waals surface area contributed by atoms with Crippen LogP contribution in [0.15, 0.2) is 18.5 Å². The van der Waals surface area contributed by atoms with Gasteiger partial charge in [0, 0.05) is 18.4 Å². The lowest BCUT2D eigenvalue weighted by molar-refractivity contribution is 0.0917. The van der Waals surface area contributed by atoms with Gasteiger partial charge < -0.3 is 5.32 Å². The lowest BCUT2D eigenvalue weighted by Gasteiger charge is -2.26. The summed E-state index contributed by atoms with van der Waals surface area (Å²) in [5.41, 5.74) is 0.459. The molecule has 0 unspecified atom stereocenters. The summed E-state index contributed by atoms with van der Waals surface area (Å²) in [6.45, 7) is 0. The number of pyridine rings is 1.